The molecule has 0 amide bonds. The summed E-state index contributed by atoms with van der Waals surface area (Å²) in [5.74, 6) is 0.255. The Bertz CT molecular complexity index is 1460. The van der Waals surface area contributed by atoms with Crippen LogP contribution in [-0.2, 0) is 6.18 Å². The third-order valence-corrected chi connectivity index (χ3v) is 4.48. The SMILES string of the molecule is N#Cc1c(-c2ccccc2)nc(NN=Cc2ccc(Oc3nccc(C(F)(F)F)n3)cc2)[nH]c1=O. The number of nitrogens with zero attached hydrogens (tertiary/aromatic N) is 5. The summed E-state index contributed by atoms with van der Waals surface area (Å²) in [5, 5.41) is 13.3. The van der Waals surface area contributed by atoms with Crippen LogP contribution in [0.5, 0.6) is 11.8 Å². The molecule has 2 aromatic carbocycles. The zero-order valence-electron chi connectivity index (χ0n) is 17.6. The summed E-state index contributed by atoms with van der Waals surface area (Å²) < 4.78 is 43.6. The second-order valence-electron chi connectivity index (χ2n) is 6.88. The summed E-state index contributed by atoms with van der Waals surface area (Å²) in [6.07, 6.45) is -2.22. The van der Waals surface area contributed by atoms with Gasteiger partial charge in [-0.1, -0.05) is 30.3 Å². The number of ether oxygens (including phenoxy) is 1. The van der Waals surface area contributed by atoms with E-state index in [0.29, 0.717) is 11.1 Å². The summed E-state index contributed by atoms with van der Waals surface area (Å²) >= 11 is 0. The highest BCUT2D eigenvalue weighted by molar-refractivity contribution is 5.80. The molecule has 0 fully saturated rings. The highest BCUT2D eigenvalue weighted by Crippen LogP contribution is 2.29. The van der Waals surface area contributed by atoms with Gasteiger partial charge in [0.05, 0.1) is 11.9 Å². The van der Waals surface area contributed by atoms with Crippen LogP contribution in [0.3, 0.4) is 0 Å². The van der Waals surface area contributed by atoms with Gasteiger partial charge in [0.25, 0.3) is 5.56 Å². The van der Waals surface area contributed by atoms with Gasteiger partial charge in [0.15, 0.2) is 5.69 Å². The van der Waals surface area contributed by atoms with E-state index in [1.165, 1.54) is 18.3 Å². The van der Waals surface area contributed by atoms with Crippen molar-refractivity contribution in [3.63, 3.8) is 0 Å². The molecule has 2 aromatic heterocycles. The molecule has 9 nitrogen and oxygen atoms in total. The first-order chi connectivity index (χ1) is 16.8. The number of hydrogen-bond donors (Lipinski definition) is 2. The molecule has 12 heteroatoms. The molecule has 2 heterocycles. The Labute approximate surface area is 195 Å². The number of aromatic amines is 1. The lowest BCUT2D eigenvalue weighted by Gasteiger charge is -2.08. The van der Waals surface area contributed by atoms with Crippen molar-refractivity contribution in [3.05, 3.63) is 94.0 Å². The first-order valence-electron chi connectivity index (χ1n) is 9.90. The minimum absolute atomic E-state index is 0.0331. The molecule has 0 radical (unpaired) electrons. The standard InChI is InChI=1S/C23H14F3N7O2/c24-23(25,26)18-10-11-28-22(30-18)35-16-8-6-14(7-9-16)13-29-33-21-31-19(15-4-2-1-3-5-15)17(12-27)20(34)32-21/h1-11,13H,(H2,31,32,33,34). The van der Waals surface area contributed by atoms with Gasteiger partial charge in [0.2, 0.25) is 5.95 Å². The number of nitriles is 1. The molecular weight excluding hydrogens is 463 g/mol. The van der Waals surface area contributed by atoms with Crippen molar-refractivity contribution in [2.75, 3.05) is 5.43 Å². The second kappa shape index (κ2) is 9.84. The maximum atomic E-state index is 12.8. The van der Waals surface area contributed by atoms with E-state index in [0.717, 1.165) is 12.3 Å². The number of rotatable bonds is 6. The Kier molecular flexibility index (Phi) is 6.50. The lowest BCUT2D eigenvalue weighted by atomic mass is 10.1. The van der Waals surface area contributed by atoms with Crippen molar-refractivity contribution in [2.45, 2.75) is 6.18 Å². The van der Waals surface area contributed by atoms with Gasteiger partial charge in [-0.25, -0.2) is 15.4 Å². The lowest BCUT2D eigenvalue weighted by molar-refractivity contribution is -0.141. The van der Waals surface area contributed by atoms with E-state index >= 15 is 0 Å². The van der Waals surface area contributed by atoms with Crippen LogP contribution in [0.15, 0.2) is 76.8 Å². The van der Waals surface area contributed by atoms with Crippen LogP contribution < -0.4 is 15.7 Å². The first-order valence-corrected chi connectivity index (χ1v) is 9.90. The van der Waals surface area contributed by atoms with Gasteiger partial charge in [0, 0.05) is 11.8 Å². The van der Waals surface area contributed by atoms with Crippen LogP contribution in [0.4, 0.5) is 19.1 Å². The Hall–Kier alpha value is -5.05. The van der Waals surface area contributed by atoms with E-state index in [-0.39, 0.29) is 23.0 Å². The number of alkyl halides is 3. The van der Waals surface area contributed by atoms with Crippen molar-refractivity contribution in [1.29, 1.82) is 5.26 Å². The first kappa shape index (κ1) is 23.1. The molecule has 4 aromatic rings. The van der Waals surface area contributed by atoms with E-state index in [4.69, 9.17) is 4.74 Å². The van der Waals surface area contributed by atoms with Crippen molar-refractivity contribution in [3.8, 4) is 29.1 Å². The molecule has 35 heavy (non-hydrogen) atoms. The number of H-pyrrole nitrogens is 1. The van der Waals surface area contributed by atoms with Gasteiger partial charge in [-0.15, -0.1) is 0 Å². The highest BCUT2D eigenvalue weighted by atomic mass is 19.4. The third kappa shape index (κ3) is 5.66. The predicted molar refractivity (Wildman–Crippen MR) is 120 cm³/mol. The van der Waals surface area contributed by atoms with Gasteiger partial charge in [-0.3, -0.25) is 9.78 Å². The van der Waals surface area contributed by atoms with Gasteiger partial charge in [-0.05, 0) is 35.9 Å². The summed E-state index contributed by atoms with van der Waals surface area (Å²) in [4.78, 5) is 26.0. The van der Waals surface area contributed by atoms with Gasteiger partial charge in [0.1, 0.15) is 17.4 Å². The number of benzene rings is 2. The molecule has 0 aliphatic heterocycles. The van der Waals surface area contributed by atoms with Crippen LogP contribution in [0, 0.1) is 11.3 Å². The van der Waals surface area contributed by atoms with Crippen LogP contribution in [0.25, 0.3) is 11.3 Å². The van der Waals surface area contributed by atoms with Crippen LogP contribution in [0.2, 0.25) is 0 Å². The molecule has 174 valence electrons. The van der Waals surface area contributed by atoms with Crippen molar-refractivity contribution >= 4 is 12.2 Å². The normalized spacial score (nSPS) is 11.3. The molecule has 0 spiro atoms. The maximum Gasteiger partial charge on any atom is 0.433 e. The zero-order chi connectivity index (χ0) is 24.8. The van der Waals surface area contributed by atoms with Crippen LogP contribution >= 0.6 is 0 Å². The molecule has 0 saturated heterocycles. The average Bonchev–Trinajstić information content (AvgIpc) is 2.85. The summed E-state index contributed by atoms with van der Waals surface area (Å²) in [6, 6.07) is 17.1. The fourth-order valence-corrected chi connectivity index (χ4v) is 2.88. The van der Waals surface area contributed by atoms with Gasteiger partial charge < -0.3 is 4.74 Å². The maximum absolute atomic E-state index is 12.8. The molecule has 0 saturated carbocycles. The Morgan fingerprint density at radius 2 is 1.80 bits per heavy atom. The van der Waals surface area contributed by atoms with Crippen molar-refractivity contribution < 1.29 is 17.9 Å². The van der Waals surface area contributed by atoms with E-state index in [1.54, 1.807) is 42.5 Å². The summed E-state index contributed by atoms with van der Waals surface area (Å²) in [6.45, 7) is 0. The fourth-order valence-electron chi connectivity index (χ4n) is 2.88. The molecule has 0 aliphatic carbocycles. The molecule has 0 aliphatic rings. The molecule has 0 unspecified atom stereocenters. The molecule has 2 N–H and O–H groups in total. The minimum atomic E-state index is -4.61. The van der Waals surface area contributed by atoms with Crippen LogP contribution in [0.1, 0.15) is 16.8 Å². The molecule has 0 atom stereocenters. The number of anilines is 1. The minimum Gasteiger partial charge on any atom is -0.424 e. The summed E-state index contributed by atoms with van der Waals surface area (Å²) in [5.41, 5.74) is 2.18. The van der Waals surface area contributed by atoms with Gasteiger partial charge in [-0.2, -0.15) is 28.5 Å². The Morgan fingerprint density at radius 3 is 2.49 bits per heavy atom. The van der Waals surface area contributed by atoms with Crippen molar-refractivity contribution in [2.24, 2.45) is 5.10 Å². The fraction of sp³-hybridized carbons (Fsp3) is 0.0435. The lowest BCUT2D eigenvalue weighted by Crippen LogP contribution is -2.16. The van der Waals surface area contributed by atoms with E-state index in [1.807, 2.05) is 6.07 Å². The highest BCUT2D eigenvalue weighted by Gasteiger charge is 2.33. The Balaban J connectivity index is 1.46. The average molecular weight is 477 g/mol. The quantitative estimate of drug-likeness (QED) is 0.312. The van der Waals surface area contributed by atoms with E-state index in [2.05, 4.69) is 30.5 Å². The van der Waals surface area contributed by atoms with Gasteiger partial charge >= 0.3 is 12.2 Å². The largest absolute Gasteiger partial charge is 0.433 e. The summed E-state index contributed by atoms with van der Waals surface area (Å²) in [7, 11) is 0. The smallest absolute Gasteiger partial charge is 0.424 e. The third-order valence-electron chi connectivity index (χ3n) is 4.48. The topological polar surface area (TPSA) is 129 Å². The molecule has 4 rings (SSSR count). The predicted octanol–water partition coefficient (Wildman–Crippen LogP) is 4.36. The number of hydrazone groups is 1. The second-order valence-corrected chi connectivity index (χ2v) is 6.88. The molecule has 0 bridgehead atoms. The van der Waals surface area contributed by atoms with E-state index in [9.17, 15) is 23.2 Å². The Morgan fingerprint density at radius 1 is 1.06 bits per heavy atom. The number of hydrogen-bond acceptors (Lipinski definition) is 8. The monoisotopic (exact) mass is 477 g/mol. The number of aromatic nitrogens is 4. The van der Waals surface area contributed by atoms with E-state index < -0.39 is 23.4 Å². The zero-order valence-corrected chi connectivity index (χ0v) is 17.6. The number of nitrogens with one attached hydrogen (secondary N) is 2. The van der Waals surface area contributed by atoms with Crippen molar-refractivity contribution in [1.82, 2.24) is 19.9 Å². The van der Waals surface area contributed by atoms with Crippen LogP contribution in [-0.4, -0.2) is 26.2 Å². The molecular formula is C23H14F3N7O2. The number of halogens is 3.